The van der Waals surface area contributed by atoms with Gasteiger partial charge in [-0.3, -0.25) is 4.79 Å². The third-order valence-electron chi connectivity index (χ3n) is 4.60. The monoisotopic (exact) mass is 461 g/mol. The molecule has 0 atom stereocenters. The first-order valence-electron chi connectivity index (χ1n) is 9.64. The van der Waals surface area contributed by atoms with E-state index in [1.165, 1.54) is 18.9 Å². The summed E-state index contributed by atoms with van der Waals surface area (Å²) in [5.74, 6) is 1.88. The van der Waals surface area contributed by atoms with Crippen molar-refractivity contribution in [3.63, 3.8) is 0 Å². The molecule has 0 unspecified atom stereocenters. The minimum absolute atomic E-state index is 0.0739. The van der Waals surface area contributed by atoms with Crippen LogP contribution < -0.4 is 9.47 Å². The number of benzene rings is 2. The van der Waals surface area contributed by atoms with Crippen LogP contribution in [0.2, 0.25) is 5.02 Å². The maximum atomic E-state index is 12.9. The summed E-state index contributed by atoms with van der Waals surface area (Å²) in [4.78, 5) is 12.9. The summed E-state index contributed by atoms with van der Waals surface area (Å²) in [6.07, 6.45) is 0.778. The fourth-order valence-corrected chi connectivity index (χ4v) is 4.11. The largest absolute Gasteiger partial charge is 0.497 e. The second-order valence-electron chi connectivity index (χ2n) is 6.56. The van der Waals surface area contributed by atoms with Gasteiger partial charge in [0, 0.05) is 31.9 Å². The summed E-state index contributed by atoms with van der Waals surface area (Å²) < 4.78 is 17.7. The SMILES string of the molecule is COCCCn1c(SCC(=O)c2ccc(OC)cc2OC)nnc1-c1ccccc1Cl. The second-order valence-corrected chi connectivity index (χ2v) is 7.91. The molecule has 0 spiro atoms. The molecule has 0 aliphatic carbocycles. The lowest BCUT2D eigenvalue weighted by molar-refractivity contribution is 0.101. The summed E-state index contributed by atoms with van der Waals surface area (Å²) in [5, 5.41) is 9.91. The minimum atomic E-state index is -0.0739. The fraction of sp³-hybridized carbons (Fsp3) is 0.318. The van der Waals surface area contributed by atoms with Crippen molar-refractivity contribution in [2.75, 3.05) is 33.7 Å². The molecular weight excluding hydrogens is 438 g/mol. The minimum Gasteiger partial charge on any atom is -0.497 e. The molecule has 0 N–H and O–H groups in total. The first kappa shape index (κ1) is 23.1. The van der Waals surface area contributed by atoms with E-state index in [1.807, 2.05) is 28.8 Å². The third kappa shape index (κ3) is 5.58. The van der Waals surface area contributed by atoms with Crippen molar-refractivity contribution in [2.45, 2.75) is 18.1 Å². The van der Waals surface area contributed by atoms with Crippen molar-refractivity contribution in [1.29, 1.82) is 0 Å². The third-order valence-corrected chi connectivity index (χ3v) is 5.90. The van der Waals surface area contributed by atoms with Gasteiger partial charge in [0.15, 0.2) is 16.8 Å². The number of ether oxygens (including phenoxy) is 3. The zero-order chi connectivity index (χ0) is 22.2. The number of methoxy groups -OCH3 is 3. The number of hydrogen-bond acceptors (Lipinski definition) is 7. The van der Waals surface area contributed by atoms with Gasteiger partial charge in [0.05, 0.1) is 30.6 Å². The molecule has 0 saturated carbocycles. The van der Waals surface area contributed by atoms with E-state index in [0.29, 0.717) is 46.2 Å². The lowest BCUT2D eigenvalue weighted by atomic mass is 10.1. The van der Waals surface area contributed by atoms with Crippen LogP contribution in [0.4, 0.5) is 0 Å². The van der Waals surface area contributed by atoms with Crippen molar-refractivity contribution in [1.82, 2.24) is 14.8 Å². The van der Waals surface area contributed by atoms with E-state index in [2.05, 4.69) is 10.2 Å². The highest BCUT2D eigenvalue weighted by Gasteiger charge is 2.19. The van der Waals surface area contributed by atoms with E-state index in [9.17, 15) is 4.79 Å². The summed E-state index contributed by atoms with van der Waals surface area (Å²) in [7, 11) is 4.76. The maximum absolute atomic E-state index is 12.9. The zero-order valence-electron chi connectivity index (χ0n) is 17.6. The zero-order valence-corrected chi connectivity index (χ0v) is 19.2. The van der Waals surface area contributed by atoms with Gasteiger partial charge in [-0.15, -0.1) is 10.2 Å². The molecule has 9 heteroatoms. The highest BCUT2D eigenvalue weighted by atomic mass is 35.5. The number of carbonyl (C=O) groups is 1. The second kappa shape index (κ2) is 11.2. The van der Waals surface area contributed by atoms with E-state index < -0.39 is 0 Å². The Hall–Kier alpha value is -2.55. The molecule has 0 fully saturated rings. The fourth-order valence-electron chi connectivity index (χ4n) is 3.04. The van der Waals surface area contributed by atoms with Crippen LogP contribution in [-0.2, 0) is 11.3 Å². The lowest BCUT2D eigenvalue weighted by Crippen LogP contribution is -2.08. The first-order chi connectivity index (χ1) is 15.1. The van der Waals surface area contributed by atoms with Gasteiger partial charge in [0.25, 0.3) is 0 Å². The van der Waals surface area contributed by atoms with E-state index >= 15 is 0 Å². The Kier molecular flexibility index (Phi) is 8.34. The number of hydrogen-bond donors (Lipinski definition) is 0. The number of nitrogens with zero attached hydrogens (tertiary/aromatic N) is 3. The predicted octanol–water partition coefficient (Wildman–Crippen LogP) is 4.63. The van der Waals surface area contributed by atoms with Crippen LogP contribution in [0.25, 0.3) is 11.4 Å². The number of thioether (sulfide) groups is 1. The molecule has 0 amide bonds. The normalized spacial score (nSPS) is 10.8. The van der Waals surface area contributed by atoms with Crippen LogP contribution in [0.1, 0.15) is 16.8 Å². The van der Waals surface area contributed by atoms with Gasteiger partial charge in [-0.1, -0.05) is 35.5 Å². The topological polar surface area (TPSA) is 75.5 Å². The van der Waals surface area contributed by atoms with Gasteiger partial charge in [-0.05, 0) is 30.7 Å². The molecule has 7 nitrogen and oxygen atoms in total. The average molecular weight is 462 g/mol. The van der Waals surface area contributed by atoms with Gasteiger partial charge in [-0.25, -0.2) is 0 Å². The van der Waals surface area contributed by atoms with Crippen molar-refractivity contribution < 1.29 is 19.0 Å². The van der Waals surface area contributed by atoms with Crippen LogP contribution >= 0.6 is 23.4 Å². The van der Waals surface area contributed by atoms with Gasteiger partial charge in [-0.2, -0.15) is 0 Å². The molecule has 0 saturated heterocycles. The van der Waals surface area contributed by atoms with E-state index in [4.69, 9.17) is 25.8 Å². The predicted molar refractivity (Wildman–Crippen MR) is 122 cm³/mol. The molecule has 0 aliphatic heterocycles. The quantitative estimate of drug-likeness (QED) is 0.234. The smallest absolute Gasteiger partial charge is 0.191 e. The summed E-state index contributed by atoms with van der Waals surface area (Å²) in [6, 6.07) is 12.6. The molecule has 0 bridgehead atoms. The Balaban J connectivity index is 1.83. The number of aromatic nitrogens is 3. The summed E-state index contributed by atoms with van der Waals surface area (Å²) in [6.45, 7) is 1.25. The number of rotatable bonds is 11. The van der Waals surface area contributed by atoms with Crippen LogP contribution in [0.15, 0.2) is 47.6 Å². The molecule has 3 rings (SSSR count). The lowest BCUT2D eigenvalue weighted by Gasteiger charge is -2.12. The van der Waals surface area contributed by atoms with E-state index in [1.54, 1.807) is 32.4 Å². The standard InChI is InChI=1S/C22H24ClN3O4S/c1-28-12-6-11-26-21(16-7-4-5-8-18(16)23)24-25-22(26)31-14-19(27)17-10-9-15(29-2)13-20(17)30-3/h4-5,7-10,13H,6,11-12,14H2,1-3H3. The Morgan fingerprint density at radius 2 is 1.90 bits per heavy atom. The average Bonchev–Trinajstić information content (AvgIpc) is 3.19. The van der Waals surface area contributed by atoms with Crippen LogP contribution in [0, 0.1) is 0 Å². The first-order valence-corrected chi connectivity index (χ1v) is 11.0. The number of ketones is 1. The highest BCUT2D eigenvalue weighted by molar-refractivity contribution is 7.99. The van der Waals surface area contributed by atoms with Crippen molar-refractivity contribution in [2.24, 2.45) is 0 Å². The van der Waals surface area contributed by atoms with Crippen LogP contribution in [0.3, 0.4) is 0 Å². The van der Waals surface area contributed by atoms with Crippen molar-refractivity contribution in [3.8, 4) is 22.9 Å². The molecule has 3 aromatic rings. The molecule has 0 radical (unpaired) electrons. The Morgan fingerprint density at radius 1 is 1.10 bits per heavy atom. The maximum Gasteiger partial charge on any atom is 0.191 e. The molecular formula is C22H24ClN3O4S. The van der Waals surface area contributed by atoms with Crippen LogP contribution in [0.5, 0.6) is 11.5 Å². The summed E-state index contributed by atoms with van der Waals surface area (Å²) >= 11 is 7.70. The van der Waals surface area contributed by atoms with Gasteiger partial charge < -0.3 is 18.8 Å². The molecule has 31 heavy (non-hydrogen) atoms. The number of carbonyl (C=O) groups excluding carboxylic acids is 1. The molecule has 164 valence electrons. The number of halogens is 1. The van der Waals surface area contributed by atoms with Crippen molar-refractivity contribution >= 4 is 29.1 Å². The van der Waals surface area contributed by atoms with Crippen LogP contribution in [-0.4, -0.2) is 54.2 Å². The van der Waals surface area contributed by atoms with E-state index in [0.717, 1.165) is 12.0 Å². The van der Waals surface area contributed by atoms with Gasteiger partial charge in [0.2, 0.25) is 0 Å². The highest BCUT2D eigenvalue weighted by Crippen LogP contribution is 2.31. The van der Waals surface area contributed by atoms with Gasteiger partial charge >= 0.3 is 0 Å². The van der Waals surface area contributed by atoms with E-state index in [-0.39, 0.29) is 11.5 Å². The Morgan fingerprint density at radius 3 is 2.61 bits per heavy atom. The molecule has 1 heterocycles. The van der Waals surface area contributed by atoms with Crippen molar-refractivity contribution in [3.05, 3.63) is 53.1 Å². The molecule has 2 aromatic carbocycles. The molecule has 1 aromatic heterocycles. The number of Topliss-reactive ketones (excluding diaryl/α,β-unsaturated/α-hetero) is 1. The van der Waals surface area contributed by atoms with Gasteiger partial charge in [0.1, 0.15) is 11.5 Å². The summed E-state index contributed by atoms with van der Waals surface area (Å²) in [5.41, 5.74) is 1.29. The Labute approximate surface area is 190 Å². The Bertz CT molecular complexity index is 1040. The molecule has 0 aliphatic rings.